The van der Waals surface area contributed by atoms with Gasteiger partial charge in [-0.2, -0.15) is 46.8 Å². The van der Waals surface area contributed by atoms with Crippen molar-refractivity contribution in [3.05, 3.63) is 137 Å². The lowest BCUT2D eigenvalue weighted by Gasteiger charge is -2.40. The summed E-state index contributed by atoms with van der Waals surface area (Å²) >= 11 is 19.4. The maximum Gasteiger partial charge on any atom is 0.573 e. The molecule has 10 aliphatic rings. The molecule has 0 aliphatic carbocycles. The lowest BCUT2D eigenvalue weighted by atomic mass is 10.0. The maximum atomic E-state index is 13.9. The van der Waals surface area contributed by atoms with Crippen LogP contribution in [-0.4, -0.2) is 245 Å². The van der Waals surface area contributed by atoms with Crippen LogP contribution in [0.1, 0.15) is 167 Å². The SMILES string of the molecule is CCOc1ccc(-c2nsc(N3CCC(N4CCCCC4)CC3)n2)cc1.Clc1cccc(-c2nsc(N3CCC(N4CCCCC4)CC3)n2)c1Cl.FC(F)(F)Oc1cccc(-c2nsc(N3CCC(N4CCCCC4)CC3)n2)c1.Fc1cccc(-c2nsc(N3CCC(N4CCCCC4)CC3)n2)c1.Fc1cccc(-c2nsc(N3CCC(N4CCCCC4)CC3)n2)c1F. The molecule has 10 saturated heterocycles. The number of hydrogen-bond donors (Lipinski definition) is 0. The summed E-state index contributed by atoms with van der Waals surface area (Å²) in [6.07, 6.45) is 27.4. The fourth-order valence-electron chi connectivity index (χ4n) is 19.5. The van der Waals surface area contributed by atoms with Gasteiger partial charge in [0.2, 0.25) is 25.7 Å². The molecule has 0 amide bonds. The number of hydrogen-bond acceptors (Lipinski definition) is 27. The molecule has 0 bridgehead atoms. The van der Waals surface area contributed by atoms with Crippen LogP contribution < -0.4 is 34.0 Å². The minimum atomic E-state index is -4.71. The van der Waals surface area contributed by atoms with Crippen LogP contribution in [0, 0.1) is 17.5 Å². The number of benzene rings is 5. The minimum Gasteiger partial charge on any atom is -0.494 e. The highest BCUT2D eigenvalue weighted by Gasteiger charge is 2.36. The Hall–Kier alpha value is -7.54. The topological polar surface area (TPSA) is 180 Å². The smallest absolute Gasteiger partial charge is 0.494 e. The minimum absolute atomic E-state index is 0.130. The van der Waals surface area contributed by atoms with Crippen molar-refractivity contribution in [2.45, 2.75) is 204 Å². The van der Waals surface area contributed by atoms with E-state index in [0.717, 1.165) is 169 Å². The van der Waals surface area contributed by atoms with E-state index in [1.165, 1.54) is 300 Å². The van der Waals surface area contributed by atoms with Gasteiger partial charge < -0.3 is 58.5 Å². The van der Waals surface area contributed by atoms with E-state index >= 15 is 0 Å². The van der Waals surface area contributed by atoms with Crippen LogP contribution in [0.15, 0.2) is 109 Å². The number of anilines is 5. The zero-order chi connectivity index (χ0) is 88.1. The molecule has 10 aromatic rings. The fraction of sp³-hybridized carbons (Fsp3) is 0.570. The summed E-state index contributed by atoms with van der Waals surface area (Å²) in [4.78, 5) is 48.1. The second-order valence-corrected chi connectivity index (χ2v) is 39.3. The van der Waals surface area contributed by atoms with Crippen LogP contribution in [0.25, 0.3) is 56.9 Å². The predicted molar refractivity (Wildman–Crippen MR) is 508 cm³/mol. The van der Waals surface area contributed by atoms with Gasteiger partial charge in [-0.1, -0.05) is 91.7 Å². The molecule has 20 rings (SSSR count). The molecule has 5 aromatic heterocycles. The highest BCUT2D eigenvalue weighted by Crippen LogP contribution is 2.39. The molecule has 0 radical (unpaired) electrons. The summed E-state index contributed by atoms with van der Waals surface area (Å²) in [5.41, 5.74) is 3.26. The highest BCUT2D eigenvalue weighted by molar-refractivity contribution is 7.11. The molecule has 0 atom stereocenters. The number of likely N-dealkylation sites (tertiary alicyclic amines) is 5. The van der Waals surface area contributed by atoms with Crippen molar-refractivity contribution in [3.63, 3.8) is 0 Å². The average Bonchev–Trinajstić information content (AvgIpc) is 1.68. The Morgan fingerprint density at radius 2 is 0.648 bits per heavy atom. The van der Waals surface area contributed by atoms with E-state index in [2.05, 4.69) is 90.6 Å². The molecule has 35 heteroatoms. The zero-order valence-electron chi connectivity index (χ0n) is 73.1. The Morgan fingerprint density at radius 3 is 1.01 bits per heavy atom. The van der Waals surface area contributed by atoms with Crippen LogP contribution in [0.3, 0.4) is 0 Å². The van der Waals surface area contributed by atoms with Crippen LogP contribution in [0.2, 0.25) is 10.0 Å². The molecule has 688 valence electrons. The van der Waals surface area contributed by atoms with Crippen molar-refractivity contribution >= 4 is 107 Å². The predicted octanol–water partition coefficient (Wildman–Crippen LogP) is 21.3. The summed E-state index contributed by atoms with van der Waals surface area (Å²) in [7, 11) is 0. The molecule has 5 aromatic carbocycles. The monoisotopic (exact) mass is 1890 g/mol. The summed E-state index contributed by atoms with van der Waals surface area (Å²) in [5, 5.41) is 5.71. The van der Waals surface area contributed by atoms with Crippen molar-refractivity contribution in [2.75, 3.05) is 162 Å². The van der Waals surface area contributed by atoms with Gasteiger partial charge in [0.1, 0.15) is 17.3 Å². The van der Waals surface area contributed by atoms with Crippen LogP contribution in [0.4, 0.5) is 52.0 Å². The highest BCUT2D eigenvalue weighted by atomic mass is 35.5. The number of rotatable bonds is 18. The summed E-state index contributed by atoms with van der Waals surface area (Å²) in [6, 6.07) is 33.6. The Bertz CT molecular complexity index is 4910. The van der Waals surface area contributed by atoms with Crippen molar-refractivity contribution in [1.82, 2.24) is 71.3 Å². The normalized spacial score (nSPS) is 20.0. The van der Waals surface area contributed by atoms with Crippen molar-refractivity contribution < 1.29 is 35.8 Å². The lowest BCUT2D eigenvalue weighted by molar-refractivity contribution is -0.274. The zero-order valence-corrected chi connectivity index (χ0v) is 78.7. The standard InChI is InChI=1S/C20H28N4OS.C19H23F3N4OS.C18H22Cl2N4S.C18H22F2N4S.C18H23FN4S/c1-2-25-18-8-6-16(7-9-18)19-21-20(26-22-19)24-14-10-17(11-15-24)23-12-4-3-5-13-23;20-19(21,22)27-16-6-4-5-14(13-16)17-23-18(28-24-17)26-11-7-15(8-12-26)25-9-2-1-3-10-25;2*19-15-6-4-5-14(16(15)20)17-21-18(25-22-17)24-11-7-13(8-12-24)23-9-2-1-3-10-23;19-15-6-4-5-14(13-15)17-20-18(24-21-17)23-11-7-16(8-12-23)22-9-2-1-3-10-22/h6-9,17H,2-5,10-15H2,1H3;4-6,13,15H,1-3,7-12H2;2*4-6,13H,1-3,7-12H2;4-6,13,16H,1-3,7-12H2. The summed E-state index contributed by atoms with van der Waals surface area (Å²) in [5.74, 6) is 1.48. The Morgan fingerprint density at radius 1 is 0.336 bits per heavy atom. The molecule has 10 aliphatic heterocycles. The molecule has 0 spiro atoms. The number of halogens is 8. The fourth-order valence-corrected chi connectivity index (χ4v) is 23.6. The Kier molecular flexibility index (Phi) is 33.8. The van der Waals surface area contributed by atoms with Crippen LogP contribution in [0.5, 0.6) is 11.5 Å². The van der Waals surface area contributed by atoms with E-state index < -0.39 is 18.0 Å². The second-order valence-electron chi connectivity index (χ2n) is 34.8. The molecule has 128 heavy (non-hydrogen) atoms. The third-order valence-corrected chi connectivity index (χ3v) is 31.2. The molecule has 22 nitrogen and oxygen atoms in total. The van der Waals surface area contributed by atoms with Crippen LogP contribution in [-0.2, 0) is 0 Å². The first kappa shape index (κ1) is 93.7. The van der Waals surface area contributed by atoms with Gasteiger partial charge in [-0.25, -0.2) is 13.2 Å². The first-order valence-corrected chi connectivity index (χ1v) is 51.0. The van der Waals surface area contributed by atoms with E-state index in [1.54, 1.807) is 18.2 Å². The van der Waals surface area contributed by atoms with E-state index in [0.29, 0.717) is 51.8 Å². The van der Waals surface area contributed by atoms with Gasteiger partial charge in [-0.15, -0.1) is 13.2 Å². The van der Waals surface area contributed by atoms with E-state index in [-0.39, 0.29) is 23.0 Å². The summed E-state index contributed by atoms with van der Waals surface area (Å²) in [6.45, 7) is 25.4. The van der Waals surface area contributed by atoms with Gasteiger partial charge >= 0.3 is 6.36 Å². The van der Waals surface area contributed by atoms with Gasteiger partial charge in [0.15, 0.2) is 40.8 Å². The number of aromatic nitrogens is 10. The number of ether oxygens (including phenoxy) is 2. The van der Waals surface area contributed by atoms with Crippen molar-refractivity contribution in [2.24, 2.45) is 0 Å². The molecular formula is C93H118Cl2F6N20O2S5. The molecule has 0 unspecified atom stereocenters. The molecule has 0 N–H and O–H groups in total. The quantitative estimate of drug-likeness (QED) is 0.0740. The number of piperidine rings is 10. The van der Waals surface area contributed by atoms with E-state index in [4.69, 9.17) is 37.9 Å². The van der Waals surface area contributed by atoms with E-state index in [9.17, 15) is 26.3 Å². The first-order valence-electron chi connectivity index (χ1n) is 46.4. The molecule has 10 fully saturated rings. The van der Waals surface area contributed by atoms with Crippen LogP contribution >= 0.6 is 80.9 Å². The maximum absolute atomic E-state index is 13.9. The largest absolute Gasteiger partial charge is 0.573 e. The number of nitrogens with zero attached hydrogens (tertiary/aromatic N) is 20. The molecule has 0 saturated carbocycles. The molecular weight excluding hydrogens is 1770 g/mol. The van der Waals surface area contributed by atoms with Gasteiger partial charge in [0, 0.05) is 176 Å². The third kappa shape index (κ3) is 25.4. The van der Waals surface area contributed by atoms with Gasteiger partial charge in [0.05, 0.1) is 22.2 Å². The summed E-state index contributed by atoms with van der Waals surface area (Å²) < 4.78 is 110. The third-order valence-electron chi connectivity index (χ3n) is 26.5. The average molecular weight is 1890 g/mol. The first-order chi connectivity index (χ1) is 62.5. The van der Waals surface area contributed by atoms with Gasteiger partial charge in [-0.05, 0) is 274 Å². The number of alkyl halides is 3. The lowest BCUT2D eigenvalue weighted by Crippen LogP contribution is -2.46. The van der Waals surface area contributed by atoms with Crippen molar-refractivity contribution in [1.29, 1.82) is 0 Å². The van der Waals surface area contributed by atoms with Gasteiger partial charge in [-0.3, -0.25) is 0 Å². The van der Waals surface area contributed by atoms with E-state index in [1.807, 2.05) is 49.4 Å². The Labute approximate surface area is 779 Å². The van der Waals surface area contributed by atoms with Crippen molar-refractivity contribution in [3.8, 4) is 68.4 Å². The Balaban J connectivity index is 0.000000118. The molecule has 15 heterocycles. The van der Waals surface area contributed by atoms with Gasteiger partial charge in [0.25, 0.3) is 0 Å². The second kappa shape index (κ2) is 46.2.